The quantitative estimate of drug-likeness (QED) is 0.277. The molecule has 0 amide bonds. The van der Waals surface area contributed by atoms with Crippen molar-refractivity contribution in [2.45, 2.75) is 50.6 Å². The maximum atomic E-state index is 12.0. The van der Waals surface area contributed by atoms with Crippen molar-refractivity contribution >= 4 is 11.8 Å². The molecule has 43 heavy (non-hydrogen) atoms. The molecule has 6 rings (SSSR count). The van der Waals surface area contributed by atoms with Gasteiger partial charge in [0.25, 0.3) is 6.20 Å². The highest BCUT2D eigenvalue weighted by Crippen LogP contribution is 2.38. The zero-order valence-corrected chi connectivity index (χ0v) is 24.8. The molecule has 4 aliphatic heterocycles. The predicted octanol–water partition coefficient (Wildman–Crippen LogP) is 6.47. The lowest BCUT2D eigenvalue weighted by Gasteiger charge is -2.33. The molecule has 0 saturated carbocycles. The average molecular weight is 578 g/mol. The van der Waals surface area contributed by atoms with Gasteiger partial charge >= 0.3 is 0 Å². The van der Waals surface area contributed by atoms with Gasteiger partial charge in [-0.3, -0.25) is 10.1 Å². The van der Waals surface area contributed by atoms with Crippen molar-refractivity contribution in [3.8, 4) is 0 Å². The van der Waals surface area contributed by atoms with Crippen molar-refractivity contribution < 1.29 is 14.4 Å². The van der Waals surface area contributed by atoms with Crippen LogP contribution in [0.3, 0.4) is 0 Å². The van der Waals surface area contributed by atoms with Crippen LogP contribution in [0.15, 0.2) is 131 Å². The molecule has 0 radical (unpaired) electrons. The minimum atomic E-state index is -0.440. The number of nitro groups is 1. The molecule has 9 nitrogen and oxygen atoms in total. The first kappa shape index (κ1) is 28.2. The molecule has 220 valence electrons. The standard InChI is InChI=1S/C34H35N5O4/c1-33(2)22-42-31(35-33)28-19-37(17-15-26(28)24-11-7-5-8-12-24)30(21-39(40)41)38-18-16-27(25-13-9-6-10-14-25)29(20-38)32-36-34(3,4)23-43-32/h5-21,26-27H,22-23H2,1-4H3. The summed E-state index contributed by atoms with van der Waals surface area (Å²) in [6, 6.07) is 20.2. The number of aliphatic imine (C=N–C) groups is 2. The van der Waals surface area contributed by atoms with Crippen LogP contribution in [-0.2, 0) is 9.47 Å². The fourth-order valence-corrected chi connectivity index (χ4v) is 5.50. The second kappa shape index (κ2) is 11.1. The molecule has 0 saturated heterocycles. The van der Waals surface area contributed by atoms with Gasteiger partial charge in [-0.2, -0.15) is 0 Å². The van der Waals surface area contributed by atoms with Crippen molar-refractivity contribution in [2.75, 3.05) is 13.2 Å². The first-order valence-electron chi connectivity index (χ1n) is 14.4. The van der Waals surface area contributed by atoms with Crippen LogP contribution < -0.4 is 0 Å². The van der Waals surface area contributed by atoms with Crippen LogP contribution in [0.5, 0.6) is 0 Å². The molecular weight excluding hydrogens is 542 g/mol. The molecule has 0 N–H and O–H groups in total. The van der Waals surface area contributed by atoms with Crippen LogP contribution in [0, 0.1) is 10.1 Å². The maximum absolute atomic E-state index is 12.0. The molecular formula is C34H35N5O4. The lowest BCUT2D eigenvalue weighted by atomic mass is 9.89. The zero-order chi connectivity index (χ0) is 30.2. The molecule has 4 aliphatic rings. The van der Waals surface area contributed by atoms with E-state index in [1.54, 1.807) is 9.80 Å². The fourth-order valence-electron chi connectivity index (χ4n) is 5.50. The Morgan fingerprint density at radius 3 is 1.56 bits per heavy atom. The highest BCUT2D eigenvalue weighted by molar-refractivity contribution is 5.98. The van der Waals surface area contributed by atoms with Gasteiger partial charge in [0.15, 0.2) is 5.82 Å². The van der Waals surface area contributed by atoms with Gasteiger partial charge in [-0.15, -0.1) is 0 Å². The molecule has 2 atom stereocenters. The Balaban J connectivity index is 1.42. The molecule has 0 spiro atoms. The second-order valence-corrected chi connectivity index (χ2v) is 12.3. The summed E-state index contributed by atoms with van der Waals surface area (Å²) in [7, 11) is 0. The monoisotopic (exact) mass is 577 g/mol. The minimum absolute atomic E-state index is 0.129. The van der Waals surface area contributed by atoms with Crippen LogP contribution in [0.4, 0.5) is 0 Å². The summed E-state index contributed by atoms with van der Waals surface area (Å²) in [5.41, 5.74) is 3.07. The largest absolute Gasteiger partial charge is 0.475 e. The van der Waals surface area contributed by atoms with Crippen LogP contribution in [0.2, 0.25) is 0 Å². The van der Waals surface area contributed by atoms with E-state index in [0.717, 1.165) is 28.5 Å². The number of hydrogen-bond donors (Lipinski definition) is 0. The summed E-state index contributed by atoms with van der Waals surface area (Å²) in [5, 5.41) is 12.0. The third-order valence-electron chi connectivity index (χ3n) is 7.60. The molecule has 0 bridgehead atoms. The van der Waals surface area contributed by atoms with Crippen LogP contribution in [-0.4, -0.2) is 50.8 Å². The third kappa shape index (κ3) is 6.02. The van der Waals surface area contributed by atoms with Crippen molar-refractivity contribution in [2.24, 2.45) is 9.98 Å². The number of rotatable bonds is 7. The number of benzene rings is 2. The van der Waals surface area contributed by atoms with Crippen molar-refractivity contribution in [3.63, 3.8) is 0 Å². The summed E-state index contributed by atoms with van der Waals surface area (Å²) in [6.07, 6.45) is 12.5. The van der Waals surface area contributed by atoms with Gasteiger partial charge < -0.3 is 19.3 Å². The first-order chi connectivity index (χ1) is 20.6. The molecule has 9 heteroatoms. The maximum Gasteiger partial charge on any atom is 0.275 e. The summed E-state index contributed by atoms with van der Waals surface area (Å²) in [6.45, 7) is 9.02. The van der Waals surface area contributed by atoms with Crippen molar-refractivity contribution in [1.82, 2.24) is 9.80 Å². The van der Waals surface area contributed by atoms with Crippen LogP contribution >= 0.6 is 0 Å². The van der Waals surface area contributed by atoms with E-state index in [1.165, 1.54) is 0 Å². The van der Waals surface area contributed by atoms with Gasteiger partial charge in [0.05, 0.1) is 16.0 Å². The van der Waals surface area contributed by atoms with E-state index in [4.69, 9.17) is 19.5 Å². The second-order valence-electron chi connectivity index (χ2n) is 12.3. The van der Waals surface area contributed by atoms with Crippen LogP contribution in [0.1, 0.15) is 50.7 Å². The number of nitrogens with zero attached hydrogens (tertiary/aromatic N) is 5. The fraction of sp³-hybridized carbons (Fsp3) is 0.294. The summed E-state index contributed by atoms with van der Waals surface area (Å²) >= 11 is 0. The summed E-state index contributed by atoms with van der Waals surface area (Å²) in [5.74, 6) is 1.14. The smallest absolute Gasteiger partial charge is 0.275 e. The van der Waals surface area contributed by atoms with Gasteiger partial charge in [-0.05, 0) is 38.8 Å². The van der Waals surface area contributed by atoms with E-state index in [2.05, 4.69) is 24.3 Å². The van der Waals surface area contributed by atoms with E-state index >= 15 is 0 Å². The Bertz CT molecular complexity index is 1500. The number of hydrogen-bond acceptors (Lipinski definition) is 8. The Morgan fingerprint density at radius 1 is 0.791 bits per heavy atom. The molecule has 4 heterocycles. The normalized spacial score (nSPS) is 23.4. The van der Waals surface area contributed by atoms with Gasteiger partial charge in [-0.25, -0.2) is 9.98 Å². The zero-order valence-electron chi connectivity index (χ0n) is 24.8. The Kier molecular flexibility index (Phi) is 7.25. The molecule has 0 fully saturated rings. The lowest BCUT2D eigenvalue weighted by molar-refractivity contribution is -0.405. The third-order valence-corrected chi connectivity index (χ3v) is 7.60. The highest BCUT2D eigenvalue weighted by Gasteiger charge is 2.36. The van der Waals surface area contributed by atoms with E-state index < -0.39 is 4.92 Å². The van der Waals surface area contributed by atoms with Crippen molar-refractivity contribution in [3.05, 3.63) is 142 Å². The molecule has 2 unspecified atom stereocenters. The van der Waals surface area contributed by atoms with E-state index in [-0.39, 0.29) is 22.9 Å². The van der Waals surface area contributed by atoms with Gasteiger partial charge in [0.1, 0.15) is 13.2 Å². The van der Waals surface area contributed by atoms with E-state index in [1.807, 2.05) is 101 Å². The Labute approximate surface area is 251 Å². The van der Waals surface area contributed by atoms with E-state index in [0.29, 0.717) is 30.8 Å². The van der Waals surface area contributed by atoms with Gasteiger partial charge in [-0.1, -0.05) is 72.8 Å². The topological polar surface area (TPSA) is 92.8 Å². The highest BCUT2D eigenvalue weighted by atomic mass is 16.6. The summed E-state index contributed by atoms with van der Waals surface area (Å²) < 4.78 is 12.2. The predicted molar refractivity (Wildman–Crippen MR) is 166 cm³/mol. The number of ether oxygens (including phenoxy) is 2. The minimum Gasteiger partial charge on any atom is -0.475 e. The van der Waals surface area contributed by atoms with Crippen LogP contribution in [0.25, 0.3) is 0 Å². The van der Waals surface area contributed by atoms with E-state index in [9.17, 15) is 10.1 Å². The molecule has 2 aromatic carbocycles. The molecule has 0 aliphatic carbocycles. The van der Waals surface area contributed by atoms with Gasteiger partial charge in [0, 0.05) is 47.8 Å². The number of allylic oxidation sites excluding steroid dienone is 2. The molecule has 0 aromatic heterocycles. The summed E-state index contributed by atoms with van der Waals surface area (Å²) in [4.78, 5) is 24.8. The SMILES string of the molecule is CC1(C)COC(C2=CN(C(=C[N+](=O)[O-])N3C=CC(c4ccccc4)C(C4=NC(C)(C)CO4)=C3)C=CC2c2ccccc2)=N1. The first-order valence-corrected chi connectivity index (χ1v) is 14.4. The van der Waals surface area contributed by atoms with Crippen molar-refractivity contribution in [1.29, 1.82) is 0 Å². The van der Waals surface area contributed by atoms with Gasteiger partial charge in [0.2, 0.25) is 11.8 Å². The molecule has 2 aromatic rings. The lowest BCUT2D eigenvalue weighted by Crippen LogP contribution is -2.30. The average Bonchev–Trinajstić information content (AvgIpc) is 3.56. The Morgan fingerprint density at radius 2 is 1.21 bits per heavy atom. The Hall–Kier alpha value is -4.92.